The van der Waals surface area contributed by atoms with E-state index in [1.807, 2.05) is 28.8 Å². The summed E-state index contributed by atoms with van der Waals surface area (Å²) in [6, 6.07) is 6.91. The summed E-state index contributed by atoms with van der Waals surface area (Å²) < 4.78 is 7.03. The molecule has 0 fully saturated rings. The van der Waals surface area contributed by atoms with Crippen molar-refractivity contribution >= 4 is 23.7 Å². The first kappa shape index (κ1) is 19.5. The van der Waals surface area contributed by atoms with Crippen LogP contribution in [0.3, 0.4) is 0 Å². The van der Waals surface area contributed by atoms with Gasteiger partial charge in [0.1, 0.15) is 5.75 Å². The Labute approximate surface area is 156 Å². The normalized spacial score (nSPS) is 11.5. The van der Waals surface area contributed by atoms with Crippen molar-refractivity contribution in [2.75, 3.05) is 14.2 Å². The van der Waals surface area contributed by atoms with Crippen LogP contribution in [0.4, 0.5) is 4.79 Å². The fraction of sp³-hybridized carbons (Fsp3) is 0.294. The Kier molecular flexibility index (Phi) is 6.79. The molecule has 1 atom stereocenters. The first-order chi connectivity index (χ1) is 12.5. The number of carbonyl (C=O) groups excluding carboxylic acids is 2. The predicted molar refractivity (Wildman–Crippen MR) is 100 cm³/mol. The monoisotopic (exact) mass is 375 g/mol. The molecule has 1 aromatic carbocycles. The van der Waals surface area contributed by atoms with Gasteiger partial charge in [0.2, 0.25) is 5.91 Å². The molecular formula is C17H21N5O3S. The molecule has 0 aliphatic carbocycles. The number of methoxy groups -OCH3 is 1. The second-order valence-corrected chi connectivity index (χ2v) is 6.57. The van der Waals surface area contributed by atoms with Crippen molar-refractivity contribution in [1.82, 2.24) is 25.4 Å². The molecule has 2 N–H and O–H groups in total. The first-order valence-corrected chi connectivity index (χ1v) is 8.75. The van der Waals surface area contributed by atoms with Gasteiger partial charge < -0.3 is 10.1 Å². The lowest BCUT2D eigenvalue weighted by Gasteiger charge is -2.12. The molecule has 0 unspecified atom stereocenters. The number of thioether (sulfide) groups is 1. The molecule has 1 heterocycles. The van der Waals surface area contributed by atoms with Crippen LogP contribution in [0, 0.1) is 0 Å². The lowest BCUT2D eigenvalue weighted by Crippen LogP contribution is -2.41. The van der Waals surface area contributed by atoms with E-state index in [9.17, 15) is 9.59 Å². The van der Waals surface area contributed by atoms with Crippen LogP contribution < -0.4 is 15.4 Å². The average Bonchev–Trinajstić information content (AvgIpc) is 3.04. The molecule has 3 amide bonds. The number of nitrogens with zero attached hydrogens (tertiary/aromatic N) is 3. The van der Waals surface area contributed by atoms with E-state index < -0.39 is 17.2 Å². The summed E-state index contributed by atoms with van der Waals surface area (Å²) in [5.41, 5.74) is 0.870. The van der Waals surface area contributed by atoms with Gasteiger partial charge in [-0.25, -0.2) is 4.79 Å². The number of carbonyl (C=O) groups is 2. The van der Waals surface area contributed by atoms with Crippen LogP contribution in [0.2, 0.25) is 0 Å². The van der Waals surface area contributed by atoms with Gasteiger partial charge in [-0.3, -0.25) is 14.7 Å². The van der Waals surface area contributed by atoms with Crippen molar-refractivity contribution in [2.24, 2.45) is 0 Å². The van der Waals surface area contributed by atoms with Gasteiger partial charge in [-0.15, -0.1) is 16.8 Å². The molecule has 138 valence electrons. The molecular weight excluding hydrogens is 354 g/mol. The Balaban J connectivity index is 2.23. The van der Waals surface area contributed by atoms with Crippen molar-refractivity contribution in [3.8, 4) is 17.1 Å². The number of amides is 3. The number of ether oxygens (including phenoxy) is 1. The molecule has 0 aliphatic rings. The molecule has 8 nitrogen and oxygen atoms in total. The summed E-state index contributed by atoms with van der Waals surface area (Å²) in [5.74, 6) is 1.00. The first-order valence-electron chi connectivity index (χ1n) is 7.87. The number of rotatable bonds is 7. The number of benzene rings is 1. The van der Waals surface area contributed by atoms with Crippen molar-refractivity contribution < 1.29 is 14.3 Å². The highest BCUT2D eigenvalue weighted by Crippen LogP contribution is 2.28. The minimum atomic E-state index is -0.547. The van der Waals surface area contributed by atoms with Crippen LogP contribution in [0.5, 0.6) is 5.75 Å². The van der Waals surface area contributed by atoms with E-state index in [1.165, 1.54) is 18.8 Å². The summed E-state index contributed by atoms with van der Waals surface area (Å²) in [7, 11) is 3.05. The van der Waals surface area contributed by atoms with Crippen molar-refractivity contribution in [1.29, 1.82) is 0 Å². The van der Waals surface area contributed by atoms with Crippen LogP contribution in [0.15, 0.2) is 42.1 Å². The van der Waals surface area contributed by atoms with Crippen molar-refractivity contribution in [3.63, 3.8) is 0 Å². The number of urea groups is 1. The molecule has 0 saturated heterocycles. The highest BCUT2D eigenvalue weighted by atomic mass is 32.2. The fourth-order valence-electron chi connectivity index (χ4n) is 2.11. The van der Waals surface area contributed by atoms with Gasteiger partial charge in [-0.1, -0.05) is 17.8 Å². The Hall–Kier alpha value is -2.81. The maximum atomic E-state index is 12.0. The largest absolute Gasteiger partial charge is 0.497 e. The van der Waals surface area contributed by atoms with Gasteiger partial charge in [-0.2, -0.15) is 0 Å². The standard InChI is InChI=1S/C17H21N5O3S/c1-5-10-22-14(12-6-8-13(25-4)9-7-12)20-21-17(22)26-11(2)15(23)19-16(24)18-3/h5-9,11H,1,10H2,2-4H3,(H2,18,19,23,24)/t11-/m0/s1. The maximum absolute atomic E-state index is 12.0. The van der Waals surface area contributed by atoms with E-state index in [0.29, 0.717) is 17.5 Å². The second-order valence-electron chi connectivity index (χ2n) is 5.26. The third kappa shape index (κ3) is 4.63. The van der Waals surface area contributed by atoms with Crippen molar-refractivity contribution in [3.05, 3.63) is 36.9 Å². The SMILES string of the molecule is C=CCn1c(S[C@@H](C)C(=O)NC(=O)NC)nnc1-c1ccc(OC)cc1. The summed E-state index contributed by atoms with van der Waals surface area (Å²) in [6.45, 7) is 5.95. The van der Waals surface area contributed by atoms with Crippen LogP contribution in [0.25, 0.3) is 11.4 Å². The summed E-state index contributed by atoms with van der Waals surface area (Å²) in [6.07, 6.45) is 1.73. The third-order valence-electron chi connectivity index (χ3n) is 3.49. The molecule has 0 spiro atoms. The Bertz CT molecular complexity index is 788. The second kappa shape index (κ2) is 9.04. The number of allylic oxidation sites excluding steroid dienone is 1. The van der Waals surface area contributed by atoms with Gasteiger partial charge in [0, 0.05) is 19.2 Å². The van der Waals surface area contributed by atoms with Crippen LogP contribution in [0.1, 0.15) is 6.92 Å². The zero-order valence-electron chi connectivity index (χ0n) is 14.9. The summed E-state index contributed by atoms with van der Waals surface area (Å²) >= 11 is 1.22. The zero-order valence-corrected chi connectivity index (χ0v) is 15.7. The number of imide groups is 1. The molecule has 9 heteroatoms. The predicted octanol–water partition coefficient (Wildman–Crippen LogP) is 2.08. The molecule has 0 bridgehead atoms. The lowest BCUT2D eigenvalue weighted by molar-refractivity contribution is -0.119. The van der Waals surface area contributed by atoms with Gasteiger partial charge in [0.25, 0.3) is 0 Å². The van der Waals surface area contributed by atoms with Gasteiger partial charge >= 0.3 is 6.03 Å². The maximum Gasteiger partial charge on any atom is 0.321 e. The number of hydrogen-bond acceptors (Lipinski definition) is 6. The fourth-order valence-corrected chi connectivity index (χ4v) is 2.97. The Morgan fingerprint density at radius 3 is 2.62 bits per heavy atom. The molecule has 2 aromatic rings. The van der Waals surface area contributed by atoms with Gasteiger partial charge in [-0.05, 0) is 31.2 Å². The van der Waals surface area contributed by atoms with E-state index in [0.717, 1.165) is 11.3 Å². The molecule has 0 saturated carbocycles. The van der Waals surface area contributed by atoms with Crippen LogP contribution >= 0.6 is 11.8 Å². The van der Waals surface area contributed by atoms with Crippen LogP contribution in [-0.2, 0) is 11.3 Å². The molecule has 26 heavy (non-hydrogen) atoms. The molecule has 2 rings (SSSR count). The van der Waals surface area contributed by atoms with Crippen molar-refractivity contribution in [2.45, 2.75) is 23.9 Å². The minimum absolute atomic E-state index is 0.409. The highest BCUT2D eigenvalue weighted by Gasteiger charge is 2.21. The van der Waals surface area contributed by atoms with Crippen LogP contribution in [-0.4, -0.2) is 46.1 Å². The quantitative estimate of drug-likeness (QED) is 0.568. The topological polar surface area (TPSA) is 98.1 Å². The number of hydrogen-bond donors (Lipinski definition) is 2. The van der Waals surface area contributed by atoms with E-state index >= 15 is 0 Å². The van der Waals surface area contributed by atoms with E-state index in [1.54, 1.807) is 20.1 Å². The summed E-state index contributed by atoms with van der Waals surface area (Å²) in [5, 5.41) is 13.1. The Morgan fingerprint density at radius 2 is 2.04 bits per heavy atom. The van der Waals surface area contributed by atoms with E-state index in [2.05, 4.69) is 27.4 Å². The van der Waals surface area contributed by atoms with E-state index in [-0.39, 0.29) is 0 Å². The Morgan fingerprint density at radius 1 is 1.35 bits per heavy atom. The highest BCUT2D eigenvalue weighted by molar-refractivity contribution is 8.00. The third-order valence-corrected chi connectivity index (χ3v) is 4.57. The average molecular weight is 375 g/mol. The van der Waals surface area contributed by atoms with E-state index in [4.69, 9.17) is 4.74 Å². The van der Waals surface area contributed by atoms with Gasteiger partial charge in [0.15, 0.2) is 11.0 Å². The number of nitrogens with one attached hydrogen (secondary N) is 2. The summed E-state index contributed by atoms with van der Waals surface area (Å²) in [4.78, 5) is 23.3. The smallest absolute Gasteiger partial charge is 0.321 e. The van der Waals surface area contributed by atoms with Gasteiger partial charge in [0.05, 0.1) is 12.4 Å². The zero-order chi connectivity index (χ0) is 19.1. The lowest BCUT2D eigenvalue weighted by atomic mass is 10.2. The molecule has 0 radical (unpaired) electrons. The number of aromatic nitrogens is 3. The minimum Gasteiger partial charge on any atom is -0.497 e. The molecule has 1 aromatic heterocycles. The molecule has 0 aliphatic heterocycles.